The normalized spacial score (nSPS) is 10.7. The van der Waals surface area contributed by atoms with Gasteiger partial charge in [-0.05, 0) is 35.4 Å². The average molecular weight is 443 g/mol. The molecule has 0 atom stereocenters. The lowest BCUT2D eigenvalue weighted by molar-refractivity contribution is -0.400. The standard InChI is InChI=1S/C16H13Br2NO4/c1-22-15-8-12(6-7-19(20)21)14(18)9-16(15)23-10-11-2-4-13(17)5-3-11/h2-9H,10H2,1H3/b7-6+. The molecule has 0 spiro atoms. The summed E-state index contributed by atoms with van der Waals surface area (Å²) in [5.74, 6) is 1.06. The van der Waals surface area contributed by atoms with Crippen molar-refractivity contribution in [3.8, 4) is 11.5 Å². The van der Waals surface area contributed by atoms with Crippen LogP contribution in [0.3, 0.4) is 0 Å². The number of hydrogen-bond donors (Lipinski definition) is 0. The third kappa shape index (κ3) is 5.07. The van der Waals surface area contributed by atoms with Crippen molar-refractivity contribution in [2.45, 2.75) is 6.61 Å². The zero-order chi connectivity index (χ0) is 16.8. The zero-order valence-corrected chi connectivity index (χ0v) is 15.3. The molecule has 0 amide bonds. The molecule has 7 heteroatoms. The summed E-state index contributed by atoms with van der Waals surface area (Å²) in [4.78, 5) is 9.92. The van der Waals surface area contributed by atoms with Gasteiger partial charge in [0, 0.05) is 15.0 Å². The molecule has 2 rings (SSSR count). The number of rotatable bonds is 6. The van der Waals surface area contributed by atoms with E-state index in [0.29, 0.717) is 28.1 Å². The van der Waals surface area contributed by atoms with Gasteiger partial charge in [-0.25, -0.2) is 0 Å². The highest BCUT2D eigenvalue weighted by atomic mass is 79.9. The highest BCUT2D eigenvalue weighted by Crippen LogP contribution is 2.34. The number of nitro groups is 1. The Bertz CT molecular complexity index is 730. The Balaban J connectivity index is 2.19. The minimum absolute atomic E-state index is 0.389. The SMILES string of the molecule is COc1cc(/C=C/[N+](=O)[O-])c(Br)cc1OCc1ccc(Br)cc1. The number of hydrogen-bond acceptors (Lipinski definition) is 4. The first-order valence-corrected chi connectivity index (χ1v) is 8.14. The molecule has 0 aliphatic heterocycles. The van der Waals surface area contributed by atoms with Crippen molar-refractivity contribution < 1.29 is 14.4 Å². The predicted octanol–water partition coefficient (Wildman–Crippen LogP) is 5.05. The lowest BCUT2D eigenvalue weighted by atomic mass is 10.2. The zero-order valence-electron chi connectivity index (χ0n) is 12.2. The van der Waals surface area contributed by atoms with Gasteiger partial charge in [0.2, 0.25) is 6.20 Å². The van der Waals surface area contributed by atoms with E-state index in [2.05, 4.69) is 31.9 Å². The van der Waals surface area contributed by atoms with E-state index >= 15 is 0 Å². The quantitative estimate of drug-likeness (QED) is 0.464. The van der Waals surface area contributed by atoms with Gasteiger partial charge in [0.05, 0.1) is 12.0 Å². The largest absolute Gasteiger partial charge is 0.493 e. The van der Waals surface area contributed by atoms with Crippen molar-refractivity contribution in [2.24, 2.45) is 0 Å². The number of methoxy groups -OCH3 is 1. The van der Waals surface area contributed by atoms with Crippen LogP contribution in [0.15, 0.2) is 51.5 Å². The number of halogens is 2. The van der Waals surface area contributed by atoms with Gasteiger partial charge < -0.3 is 9.47 Å². The fourth-order valence-corrected chi connectivity index (χ4v) is 2.55. The summed E-state index contributed by atoms with van der Waals surface area (Å²) < 4.78 is 12.8. The molecule has 0 fully saturated rings. The second kappa shape index (κ2) is 8.12. The molecule has 2 aromatic rings. The molecule has 23 heavy (non-hydrogen) atoms. The molecule has 120 valence electrons. The lowest BCUT2D eigenvalue weighted by Crippen LogP contribution is -1.98. The fraction of sp³-hybridized carbons (Fsp3) is 0.125. The Hall–Kier alpha value is -1.86. The Morgan fingerprint density at radius 3 is 2.48 bits per heavy atom. The van der Waals surface area contributed by atoms with Crippen LogP contribution >= 0.6 is 31.9 Å². The molecule has 5 nitrogen and oxygen atoms in total. The van der Waals surface area contributed by atoms with E-state index < -0.39 is 4.92 Å². The molecule has 0 aliphatic carbocycles. The summed E-state index contributed by atoms with van der Waals surface area (Å²) in [6, 6.07) is 11.2. The van der Waals surface area contributed by atoms with Crippen molar-refractivity contribution in [3.05, 3.63) is 72.8 Å². The second-order valence-corrected chi connectivity index (χ2v) is 6.31. The summed E-state index contributed by atoms with van der Waals surface area (Å²) in [5.41, 5.74) is 1.65. The van der Waals surface area contributed by atoms with E-state index in [1.165, 1.54) is 13.2 Å². The number of ether oxygens (including phenoxy) is 2. The molecule has 0 bridgehead atoms. The third-order valence-electron chi connectivity index (χ3n) is 2.97. The van der Waals surface area contributed by atoms with Crippen LogP contribution in [-0.4, -0.2) is 12.0 Å². The molecule has 2 aromatic carbocycles. The topological polar surface area (TPSA) is 61.6 Å². The number of nitrogens with zero attached hydrogens (tertiary/aromatic N) is 1. The summed E-state index contributed by atoms with van der Waals surface area (Å²) in [6.07, 6.45) is 2.27. The van der Waals surface area contributed by atoms with Crippen LogP contribution < -0.4 is 9.47 Å². The summed E-state index contributed by atoms with van der Waals surface area (Å²) >= 11 is 6.77. The van der Waals surface area contributed by atoms with Crippen LogP contribution in [0.1, 0.15) is 11.1 Å². The van der Waals surface area contributed by atoms with E-state index in [-0.39, 0.29) is 0 Å². The smallest absolute Gasteiger partial charge is 0.235 e. The fourth-order valence-electron chi connectivity index (χ4n) is 1.83. The van der Waals surface area contributed by atoms with E-state index in [1.807, 2.05) is 24.3 Å². The van der Waals surface area contributed by atoms with Gasteiger partial charge in [0.25, 0.3) is 0 Å². The molecule has 0 unspecified atom stereocenters. The molecule has 0 saturated carbocycles. The van der Waals surface area contributed by atoms with Crippen molar-refractivity contribution >= 4 is 37.9 Å². The molecule has 0 radical (unpaired) electrons. The van der Waals surface area contributed by atoms with Crippen molar-refractivity contribution in [2.75, 3.05) is 7.11 Å². The molecule has 0 N–H and O–H groups in total. The van der Waals surface area contributed by atoms with Crippen LogP contribution in [0.2, 0.25) is 0 Å². The maximum Gasteiger partial charge on any atom is 0.235 e. The van der Waals surface area contributed by atoms with Crippen LogP contribution in [-0.2, 0) is 6.61 Å². The molecular formula is C16H13Br2NO4. The minimum Gasteiger partial charge on any atom is -0.493 e. The Kier molecular flexibility index (Phi) is 6.18. The third-order valence-corrected chi connectivity index (χ3v) is 4.18. The van der Waals surface area contributed by atoms with Gasteiger partial charge in [0.1, 0.15) is 6.61 Å². The summed E-state index contributed by atoms with van der Waals surface area (Å²) in [5, 5.41) is 10.4. The number of benzene rings is 2. The summed E-state index contributed by atoms with van der Waals surface area (Å²) in [7, 11) is 1.52. The van der Waals surface area contributed by atoms with E-state index in [0.717, 1.165) is 16.2 Å². The van der Waals surface area contributed by atoms with Crippen LogP contribution in [0.4, 0.5) is 0 Å². The van der Waals surface area contributed by atoms with E-state index in [1.54, 1.807) is 12.1 Å². The average Bonchev–Trinajstić information content (AvgIpc) is 2.53. The van der Waals surface area contributed by atoms with Crippen LogP contribution in [0, 0.1) is 10.1 Å². The Morgan fingerprint density at radius 1 is 1.17 bits per heavy atom. The van der Waals surface area contributed by atoms with Gasteiger partial charge in [-0.2, -0.15) is 0 Å². The van der Waals surface area contributed by atoms with Gasteiger partial charge in [0.15, 0.2) is 11.5 Å². The minimum atomic E-state index is -0.517. The van der Waals surface area contributed by atoms with Crippen LogP contribution in [0.25, 0.3) is 6.08 Å². The van der Waals surface area contributed by atoms with Gasteiger partial charge in [-0.1, -0.05) is 44.0 Å². The van der Waals surface area contributed by atoms with E-state index in [9.17, 15) is 10.1 Å². The first-order valence-electron chi connectivity index (χ1n) is 6.56. The molecular weight excluding hydrogens is 430 g/mol. The van der Waals surface area contributed by atoms with Gasteiger partial charge in [-0.3, -0.25) is 10.1 Å². The maximum atomic E-state index is 10.4. The van der Waals surface area contributed by atoms with Crippen molar-refractivity contribution in [3.63, 3.8) is 0 Å². The lowest BCUT2D eigenvalue weighted by Gasteiger charge is -2.12. The Labute approximate surface area is 150 Å². The highest BCUT2D eigenvalue weighted by Gasteiger charge is 2.10. The van der Waals surface area contributed by atoms with Crippen LogP contribution in [0.5, 0.6) is 11.5 Å². The molecule has 0 heterocycles. The van der Waals surface area contributed by atoms with Gasteiger partial charge >= 0.3 is 0 Å². The van der Waals surface area contributed by atoms with E-state index in [4.69, 9.17) is 9.47 Å². The Morgan fingerprint density at radius 2 is 1.87 bits per heavy atom. The van der Waals surface area contributed by atoms with Gasteiger partial charge in [-0.15, -0.1) is 0 Å². The first-order chi connectivity index (χ1) is 11.0. The molecule has 0 aromatic heterocycles. The molecule has 0 aliphatic rings. The molecule has 0 saturated heterocycles. The van der Waals surface area contributed by atoms with Crippen molar-refractivity contribution in [1.82, 2.24) is 0 Å². The monoisotopic (exact) mass is 441 g/mol. The summed E-state index contributed by atoms with van der Waals surface area (Å²) in [6.45, 7) is 0.389. The first kappa shape index (κ1) is 17.5. The van der Waals surface area contributed by atoms with Crippen molar-refractivity contribution in [1.29, 1.82) is 0 Å². The maximum absolute atomic E-state index is 10.4. The predicted molar refractivity (Wildman–Crippen MR) is 95.2 cm³/mol. The second-order valence-electron chi connectivity index (χ2n) is 4.54. The highest BCUT2D eigenvalue weighted by molar-refractivity contribution is 9.10.